The van der Waals surface area contributed by atoms with E-state index in [0.29, 0.717) is 5.92 Å². The molecule has 0 amide bonds. The molecule has 2 aromatic rings. The maximum absolute atomic E-state index is 12.0. The molecule has 1 saturated heterocycles. The van der Waals surface area contributed by atoms with Gasteiger partial charge in [0.15, 0.2) is 0 Å². The van der Waals surface area contributed by atoms with Crippen LogP contribution < -0.4 is 5.73 Å². The molecular weight excluding hydrogens is 376 g/mol. The summed E-state index contributed by atoms with van der Waals surface area (Å²) in [6.45, 7) is 10.5. The van der Waals surface area contributed by atoms with E-state index >= 15 is 0 Å². The Bertz CT molecular complexity index is 791. The first-order valence-corrected chi connectivity index (χ1v) is 9.60. The van der Waals surface area contributed by atoms with E-state index in [2.05, 4.69) is 34.3 Å². The molecule has 2 atom stereocenters. The second-order valence-corrected chi connectivity index (χ2v) is 7.72. The summed E-state index contributed by atoms with van der Waals surface area (Å²) < 4.78 is 6.99. The van der Waals surface area contributed by atoms with Gasteiger partial charge in [-0.2, -0.15) is 5.10 Å². The van der Waals surface area contributed by atoms with Crippen LogP contribution in [-0.4, -0.2) is 45.9 Å². The number of aryl methyl sites for hydroxylation is 1. The first kappa shape index (κ1) is 22.4. The third kappa shape index (κ3) is 5.13. The molecule has 154 valence electrons. The van der Waals surface area contributed by atoms with Gasteiger partial charge in [-0.3, -0.25) is 14.4 Å². The first-order valence-electron chi connectivity index (χ1n) is 9.60. The van der Waals surface area contributed by atoms with Crippen molar-refractivity contribution in [2.24, 2.45) is 5.73 Å². The molecule has 2 heterocycles. The number of carbonyl (C=O) groups excluding carboxylic acids is 1. The topological polar surface area (TPSA) is 73.4 Å². The van der Waals surface area contributed by atoms with Crippen molar-refractivity contribution in [3.05, 3.63) is 52.8 Å². The average molecular weight is 407 g/mol. The standard InChI is InChI=1S/C21H30N4O2.ClH/c1-14(2)27-21(26)13-25-16(4)18(15(3)23-25)10-24-11-19(20(22)12-24)17-8-6-5-7-9-17;/h5-9,14,19-20H,10-13,22H2,1-4H3;1H/t19-,20+;/m0./s1. The Balaban J connectivity index is 0.00000280. The van der Waals surface area contributed by atoms with Crippen molar-refractivity contribution in [1.82, 2.24) is 14.7 Å². The van der Waals surface area contributed by atoms with Crippen molar-refractivity contribution >= 4 is 18.4 Å². The van der Waals surface area contributed by atoms with Crippen LogP contribution in [0.5, 0.6) is 0 Å². The molecule has 1 aliphatic heterocycles. The largest absolute Gasteiger partial charge is 0.462 e. The van der Waals surface area contributed by atoms with Crippen molar-refractivity contribution in [1.29, 1.82) is 0 Å². The van der Waals surface area contributed by atoms with E-state index in [0.717, 1.165) is 31.0 Å². The minimum absolute atomic E-state index is 0. The van der Waals surface area contributed by atoms with E-state index in [1.807, 2.05) is 33.8 Å². The maximum atomic E-state index is 12.0. The Morgan fingerprint density at radius 3 is 2.57 bits per heavy atom. The molecule has 1 aromatic heterocycles. The third-order valence-electron chi connectivity index (χ3n) is 5.23. The Morgan fingerprint density at radius 1 is 1.25 bits per heavy atom. The zero-order valence-corrected chi connectivity index (χ0v) is 17.9. The third-order valence-corrected chi connectivity index (χ3v) is 5.23. The Morgan fingerprint density at radius 2 is 1.93 bits per heavy atom. The van der Waals surface area contributed by atoms with E-state index < -0.39 is 0 Å². The van der Waals surface area contributed by atoms with Crippen LogP contribution >= 0.6 is 12.4 Å². The molecule has 0 spiro atoms. The van der Waals surface area contributed by atoms with Crippen LogP contribution in [-0.2, 0) is 22.6 Å². The zero-order chi connectivity index (χ0) is 19.6. The summed E-state index contributed by atoms with van der Waals surface area (Å²) in [6.07, 6.45) is -0.116. The van der Waals surface area contributed by atoms with Crippen molar-refractivity contribution in [3.63, 3.8) is 0 Å². The molecule has 1 aliphatic rings. The van der Waals surface area contributed by atoms with Crippen LogP contribution in [0.1, 0.15) is 42.3 Å². The molecule has 1 fully saturated rings. The number of halogens is 1. The van der Waals surface area contributed by atoms with Crippen LogP contribution in [0.25, 0.3) is 0 Å². The van der Waals surface area contributed by atoms with Crippen LogP contribution in [0.2, 0.25) is 0 Å². The summed E-state index contributed by atoms with van der Waals surface area (Å²) in [7, 11) is 0. The predicted molar refractivity (Wildman–Crippen MR) is 113 cm³/mol. The summed E-state index contributed by atoms with van der Waals surface area (Å²) in [5, 5.41) is 4.55. The highest BCUT2D eigenvalue weighted by Crippen LogP contribution is 2.28. The lowest BCUT2D eigenvalue weighted by molar-refractivity contribution is -0.148. The maximum Gasteiger partial charge on any atom is 0.328 e. The number of hydrogen-bond acceptors (Lipinski definition) is 5. The highest BCUT2D eigenvalue weighted by atomic mass is 35.5. The van der Waals surface area contributed by atoms with Crippen molar-refractivity contribution in [3.8, 4) is 0 Å². The number of rotatable bonds is 6. The summed E-state index contributed by atoms with van der Waals surface area (Å²) >= 11 is 0. The van der Waals surface area contributed by atoms with Gasteiger partial charge in [-0.05, 0) is 33.3 Å². The minimum atomic E-state index is -0.255. The SMILES string of the molecule is Cc1nn(CC(=O)OC(C)C)c(C)c1CN1C[C@@H](N)[C@H](c2ccccc2)C1.Cl. The molecule has 3 rings (SSSR count). The second-order valence-electron chi connectivity index (χ2n) is 7.72. The number of nitrogens with zero attached hydrogens (tertiary/aromatic N) is 3. The fourth-order valence-corrected chi connectivity index (χ4v) is 3.86. The summed E-state index contributed by atoms with van der Waals surface area (Å²) in [4.78, 5) is 14.4. The molecule has 6 nitrogen and oxygen atoms in total. The Labute approximate surface area is 173 Å². The first-order chi connectivity index (χ1) is 12.8. The number of ether oxygens (including phenoxy) is 1. The van der Waals surface area contributed by atoms with Gasteiger partial charge in [-0.25, -0.2) is 0 Å². The van der Waals surface area contributed by atoms with E-state index in [1.165, 1.54) is 11.1 Å². The fraction of sp³-hybridized carbons (Fsp3) is 0.524. The smallest absolute Gasteiger partial charge is 0.328 e. The van der Waals surface area contributed by atoms with Gasteiger partial charge in [-0.15, -0.1) is 12.4 Å². The normalized spacial score (nSPS) is 19.6. The molecular formula is C21H31ClN4O2. The van der Waals surface area contributed by atoms with E-state index in [-0.39, 0.29) is 37.1 Å². The van der Waals surface area contributed by atoms with Gasteiger partial charge in [0.1, 0.15) is 6.54 Å². The Hall–Kier alpha value is -1.89. The molecule has 0 radical (unpaired) electrons. The highest BCUT2D eigenvalue weighted by molar-refractivity contribution is 5.85. The zero-order valence-electron chi connectivity index (χ0n) is 17.1. The number of esters is 1. The van der Waals surface area contributed by atoms with E-state index in [9.17, 15) is 4.79 Å². The summed E-state index contributed by atoms with van der Waals surface area (Å²) in [5.41, 5.74) is 10.9. The van der Waals surface area contributed by atoms with Gasteiger partial charge >= 0.3 is 5.97 Å². The lowest BCUT2D eigenvalue weighted by atomic mass is 9.95. The number of nitrogens with two attached hydrogens (primary N) is 1. The number of benzene rings is 1. The monoisotopic (exact) mass is 406 g/mol. The number of likely N-dealkylation sites (tertiary alicyclic amines) is 1. The fourth-order valence-electron chi connectivity index (χ4n) is 3.86. The van der Waals surface area contributed by atoms with Gasteiger partial charge in [0.25, 0.3) is 0 Å². The molecule has 0 bridgehead atoms. The van der Waals surface area contributed by atoms with Crippen LogP contribution in [0.15, 0.2) is 30.3 Å². The molecule has 1 aromatic carbocycles. The molecule has 2 N–H and O–H groups in total. The van der Waals surface area contributed by atoms with Crippen molar-refractivity contribution < 1.29 is 9.53 Å². The van der Waals surface area contributed by atoms with Gasteiger partial charge < -0.3 is 10.5 Å². The molecule has 7 heteroatoms. The van der Waals surface area contributed by atoms with E-state index in [1.54, 1.807) is 4.68 Å². The highest BCUT2D eigenvalue weighted by Gasteiger charge is 2.32. The van der Waals surface area contributed by atoms with Crippen LogP contribution in [0.3, 0.4) is 0 Å². The molecule has 0 unspecified atom stereocenters. The van der Waals surface area contributed by atoms with Gasteiger partial charge in [0.2, 0.25) is 0 Å². The average Bonchev–Trinajstić information content (AvgIpc) is 3.10. The van der Waals surface area contributed by atoms with Crippen molar-refractivity contribution in [2.75, 3.05) is 13.1 Å². The number of carbonyl (C=O) groups is 1. The van der Waals surface area contributed by atoms with Gasteiger partial charge in [-0.1, -0.05) is 30.3 Å². The molecule has 0 saturated carbocycles. The Kier molecular flexibility index (Phi) is 7.63. The minimum Gasteiger partial charge on any atom is -0.462 e. The number of hydrogen-bond donors (Lipinski definition) is 1. The summed E-state index contributed by atoms with van der Waals surface area (Å²) in [5.74, 6) is 0.0948. The van der Waals surface area contributed by atoms with Gasteiger partial charge in [0.05, 0.1) is 11.8 Å². The van der Waals surface area contributed by atoms with Crippen LogP contribution in [0, 0.1) is 13.8 Å². The predicted octanol–water partition coefficient (Wildman–Crippen LogP) is 2.80. The van der Waals surface area contributed by atoms with Crippen LogP contribution in [0.4, 0.5) is 0 Å². The molecule has 0 aliphatic carbocycles. The van der Waals surface area contributed by atoms with E-state index in [4.69, 9.17) is 10.5 Å². The second kappa shape index (κ2) is 9.54. The quantitative estimate of drug-likeness (QED) is 0.746. The molecule has 28 heavy (non-hydrogen) atoms. The summed E-state index contributed by atoms with van der Waals surface area (Å²) in [6, 6.07) is 10.6. The number of aromatic nitrogens is 2. The van der Waals surface area contributed by atoms with Crippen molar-refractivity contribution in [2.45, 2.75) is 58.8 Å². The van der Waals surface area contributed by atoms with Gasteiger partial charge in [0, 0.05) is 42.9 Å². The lowest BCUT2D eigenvalue weighted by Gasteiger charge is -2.16. The lowest BCUT2D eigenvalue weighted by Crippen LogP contribution is -2.28.